The molecule has 1 nitrogen and oxygen atoms in total. The van der Waals surface area contributed by atoms with Gasteiger partial charge in [0, 0.05) is 0 Å². The van der Waals surface area contributed by atoms with Crippen LogP contribution >= 0.6 is 0 Å². The summed E-state index contributed by atoms with van der Waals surface area (Å²) in [6.07, 6.45) is 0. The minimum atomic E-state index is -1.20. The van der Waals surface area contributed by atoms with Gasteiger partial charge in [-0.25, -0.2) is 0 Å². The minimum Gasteiger partial charge on any atom is -0.352 e. The third-order valence-electron chi connectivity index (χ3n) is 1.62. The van der Waals surface area contributed by atoms with Crippen LogP contribution in [0.2, 0.25) is 13.1 Å². The smallest absolute Gasteiger partial charge is 0.352 e. The molecule has 0 aliphatic carbocycles. The molecule has 0 aromatic rings. The van der Waals surface area contributed by atoms with E-state index in [1.54, 1.807) is 0 Å². The van der Waals surface area contributed by atoms with E-state index in [4.69, 9.17) is 0 Å². The SMILES string of the molecule is [CH2-][Si](C)(C)N(CC)CC.[Li+]. The molecule has 0 heterocycles. The van der Waals surface area contributed by atoms with Crippen molar-refractivity contribution in [2.24, 2.45) is 0 Å². The van der Waals surface area contributed by atoms with Gasteiger partial charge in [-0.15, -0.1) is 0 Å². The van der Waals surface area contributed by atoms with Crippen LogP contribution in [0.3, 0.4) is 0 Å². The maximum absolute atomic E-state index is 4.18. The molecular weight excluding hydrogens is 133 g/mol. The van der Waals surface area contributed by atoms with Gasteiger partial charge < -0.3 is 11.1 Å². The zero-order chi connectivity index (χ0) is 7.49. The second-order valence-corrected chi connectivity index (χ2v) is 7.24. The van der Waals surface area contributed by atoms with E-state index in [1.165, 1.54) is 0 Å². The average molecular weight is 151 g/mol. The van der Waals surface area contributed by atoms with Crippen molar-refractivity contribution in [1.29, 1.82) is 0 Å². The first-order valence-corrected chi connectivity index (χ1v) is 6.78. The molecular formula is C7H18LiNSi. The van der Waals surface area contributed by atoms with E-state index in [9.17, 15) is 0 Å². The monoisotopic (exact) mass is 151 g/mol. The van der Waals surface area contributed by atoms with E-state index in [0.717, 1.165) is 13.1 Å². The van der Waals surface area contributed by atoms with E-state index < -0.39 is 8.24 Å². The number of hydrogen-bond donors (Lipinski definition) is 0. The maximum atomic E-state index is 4.18. The number of nitrogens with zero attached hydrogens (tertiary/aromatic N) is 1. The zero-order valence-electron chi connectivity index (χ0n) is 8.07. The van der Waals surface area contributed by atoms with Gasteiger partial charge in [0.25, 0.3) is 0 Å². The van der Waals surface area contributed by atoms with Gasteiger partial charge in [0.1, 0.15) is 0 Å². The van der Waals surface area contributed by atoms with Crippen molar-refractivity contribution in [2.75, 3.05) is 13.1 Å². The second kappa shape index (κ2) is 5.43. The predicted molar refractivity (Wildman–Crippen MR) is 45.8 cm³/mol. The number of hydrogen-bond acceptors (Lipinski definition) is 1. The van der Waals surface area contributed by atoms with Gasteiger partial charge >= 0.3 is 18.9 Å². The third-order valence-corrected chi connectivity index (χ3v) is 3.96. The first kappa shape index (κ1) is 13.4. The van der Waals surface area contributed by atoms with Crippen LogP contribution in [0.15, 0.2) is 0 Å². The molecule has 0 rings (SSSR count). The molecule has 0 aliphatic heterocycles. The molecule has 0 N–H and O–H groups in total. The normalized spacial score (nSPS) is 11.4. The Bertz CT molecular complexity index is 76.2. The van der Waals surface area contributed by atoms with Crippen molar-refractivity contribution in [3.8, 4) is 0 Å². The van der Waals surface area contributed by atoms with Gasteiger partial charge in [-0.05, 0) is 21.3 Å². The molecule has 0 saturated carbocycles. The van der Waals surface area contributed by atoms with Crippen LogP contribution < -0.4 is 18.9 Å². The Morgan fingerprint density at radius 3 is 1.50 bits per heavy atom. The van der Waals surface area contributed by atoms with Crippen molar-refractivity contribution in [1.82, 2.24) is 4.57 Å². The van der Waals surface area contributed by atoms with E-state index >= 15 is 0 Å². The molecule has 0 saturated heterocycles. The summed E-state index contributed by atoms with van der Waals surface area (Å²) >= 11 is 0. The summed E-state index contributed by atoms with van der Waals surface area (Å²) in [5.41, 5.74) is 0. The van der Waals surface area contributed by atoms with E-state index in [-0.39, 0.29) is 18.9 Å². The van der Waals surface area contributed by atoms with E-state index in [0.29, 0.717) is 0 Å². The summed E-state index contributed by atoms with van der Waals surface area (Å²) in [5.74, 6) is 0. The summed E-state index contributed by atoms with van der Waals surface area (Å²) in [4.78, 5) is 0. The summed E-state index contributed by atoms with van der Waals surface area (Å²) in [6, 6.07) is 0. The summed E-state index contributed by atoms with van der Waals surface area (Å²) < 4.78 is 2.47. The van der Waals surface area contributed by atoms with Crippen LogP contribution in [0.5, 0.6) is 0 Å². The quantitative estimate of drug-likeness (QED) is 0.366. The molecule has 0 fully saturated rings. The van der Waals surface area contributed by atoms with Gasteiger partial charge in [-0.3, -0.25) is 0 Å². The van der Waals surface area contributed by atoms with Gasteiger partial charge in [0.2, 0.25) is 0 Å². The van der Waals surface area contributed by atoms with E-state index in [2.05, 4.69) is 38.1 Å². The minimum absolute atomic E-state index is 0. The molecule has 0 unspecified atom stereocenters. The molecule has 0 atom stereocenters. The van der Waals surface area contributed by atoms with Crippen LogP contribution in [-0.4, -0.2) is 25.9 Å². The van der Waals surface area contributed by atoms with Crippen LogP contribution in [0, 0.1) is 6.55 Å². The Hall–Kier alpha value is 0.774. The Balaban J connectivity index is 0. The fraction of sp³-hybridized carbons (Fsp3) is 0.857. The topological polar surface area (TPSA) is 3.24 Å². The molecule has 0 aromatic heterocycles. The predicted octanol–water partition coefficient (Wildman–Crippen LogP) is -1.09. The molecule has 10 heavy (non-hydrogen) atoms. The molecule has 0 amide bonds. The Kier molecular flexibility index (Phi) is 7.26. The van der Waals surface area contributed by atoms with Gasteiger partial charge in [0.15, 0.2) is 0 Å². The van der Waals surface area contributed by atoms with Gasteiger partial charge in [-0.2, -0.15) is 0 Å². The van der Waals surface area contributed by atoms with Gasteiger partial charge in [-0.1, -0.05) is 26.9 Å². The van der Waals surface area contributed by atoms with Crippen LogP contribution in [0.25, 0.3) is 0 Å². The zero-order valence-corrected chi connectivity index (χ0v) is 9.07. The van der Waals surface area contributed by atoms with Crippen LogP contribution in [-0.2, 0) is 0 Å². The van der Waals surface area contributed by atoms with E-state index in [1.807, 2.05) is 0 Å². The van der Waals surface area contributed by atoms with Gasteiger partial charge in [0.05, 0.1) is 0 Å². The van der Waals surface area contributed by atoms with Crippen LogP contribution in [0.1, 0.15) is 13.8 Å². The molecule has 0 radical (unpaired) electrons. The summed E-state index contributed by atoms with van der Waals surface area (Å²) in [7, 11) is -1.20. The average Bonchev–Trinajstić information content (AvgIpc) is 1.65. The number of rotatable bonds is 3. The first-order valence-electron chi connectivity index (χ1n) is 3.62. The van der Waals surface area contributed by atoms with Crippen molar-refractivity contribution in [3.63, 3.8) is 0 Å². The Morgan fingerprint density at radius 1 is 1.20 bits per heavy atom. The van der Waals surface area contributed by atoms with Crippen LogP contribution in [0.4, 0.5) is 0 Å². The first-order chi connectivity index (χ1) is 4.02. The van der Waals surface area contributed by atoms with Crippen molar-refractivity contribution in [2.45, 2.75) is 26.9 Å². The Labute approximate surface area is 78.4 Å². The fourth-order valence-corrected chi connectivity index (χ4v) is 2.79. The van der Waals surface area contributed by atoms with Crippen molar-refractivity contribution < 1.29 is 18.9 Å². The molecule has 3 heteroatoms. The molecule has 0 aromatic carbocycles. The Morgan fingerprint density at radius 2 is 1.50 bits per heavy atom. The fourth-order valence-electron chi connectivity index (χ4n) is 1.08. The molecule has 0 aliphatic rings. The summed E-state index contributed by atoms with van der Waals surface area (Å²) in [5, 5.41) is 0. The largest absolute Gasteiger partial charge is 1.00 e. The summed E-state index contributed by atoms with van der Waals surface area (Å²) in [6.45, 7) is 15.4. The molecule has 56 valence electrons. The maximum Gasteiger partial charge on any atom is 1.00 e. The second-order valence-electron chi connectivity index (χ2n) is 2.98. The van der Waals surface area contributed by atoms with Crippen molar-refractivity contribution >= 4 is 8.24 Å². The van der Waals surface area contributed by atoms with Crippen molar-refractivity contribution in [3.05, 3.63) is 6.55 Å². The molecule has 0 spiro atoms. The third kappa shape index (κ3) is 4.57. The standard InChI is InChI=1S/C7H18NSi.Li/c1-6-8(7-2)9(3,4)5;/h3,6-7H2,1-2,4-5H3;/q-1;+1. The molecule has 0 bridgehead atoms.